The zero-order valence-electron chi connectivity index (χ0n) is 15.1. The first-order valence-corrected chi connectivity index (χ1v) is 11.5. The molecule has 130 valence electrons. The van der Waals surface area contributed by atoms with Crippen molar-refractivity contribution in [2.45, 2.75) is 70.3 Å². The second kappa shape index (κ2) is 7.31. The van der Waals surface area contributed by atoms with Crippen LogP contribution in [0.3, 0.4) is 0 Å². The highest BCUT2D eigenvalue weighted by Crippen LogP contribution is 2.70. The number of amides is 1. The molecule has 0 saturated heterocycles. The van der Waals surface area contributed by atoms with Crippen molar-refractivity contribution in [3.63, 3.8) is 0 Å². The number of nitrogens with one attached hydrogen (secondary N) is 1. The monoisotopic (exact) mass is 358 g/mol. The average Bonchev–Trinajstić information content (AvgIpc) is 2.37. The van der Waals surface area contributed by atoms with Crippen molar-refractivity contribution < 1.29 is 13.2 Å². The SMILES string of the molecule is Cc1ccc(S(=O)(=O)NC(=O)[P+](C(C)C)(C(C)C)C(C)C)cc1. The van der Waals surface area contributed by atoms with Gasteiger partial charge in [-0.2, -0.15) is 0 Å². The number of carbonyl (C=O) groups is 1. The van der Waals surface area contributed by atoms with Gasteiger partial charge in [-0.3, -0.25) is 0 Å². The lowest BCUT2D eigenvalue weighted by atomic mass is 10.2. The van der Waals surface area contributed by atoms with Crippen LogP contribution in [0.5, 0.6) is 0 Å². The lowest BCUT2D eigenvalue weighted by molar-refractivity contribution is 0.263. The number of rotatable bonds is 6. The molecule has 0 aliphatic carbocycles. The van der Waals surface area contributed by atoms with Crippen molar-refractivity contribution in [2.24, 2.45) is 0 Å². The van der Waals surface area contributed by atoms with E-state index in [2.05, 4.69) is 4.72 Å². The van der Waals surface area contributed by atoms with Crippen LogP contribution in [0.2, 0.25) is 0 Å². The molecular formula is C17H29NO3PS+. The van der Waals surface area contributed by atoms with E-state index in [-0.39, 0.29) is 27.5 Å². The Labute approximate surface area is 141 Å². The summed E-state index contributed by atoms with van der Waals surface area (Å²) >= 11 is 0. The summed E-state index contributed by atoms with van der Waals surface area (Å²) in [6.45, 7) is 14.0. The first kappa shape index (κ1) is 20.1. The van der Waals surface area contributed by atoms with Gasteiger partial charge in [0.25, 0.3) is 10.0 Å². The number of hydrogen-bond donors (Lipinski definition) is 1. The first-order chi connectivity index (χ1) is 10.5. The summed E-state index contributed by atoms with van der Waals surface area (Å²) in [5.41, 5.74) is 1.07. The van der Waals surface area contributed by atoms with E-state index in [1.54, 1.807) is 12.1 Å². The number of aryl methyl sites for hydroxylation is 1. The number of benzene rings is 1. The normalized spacial score (nSPS) is 13.0. The van der Waals surface area contributed by atoms with E-state index < -0.39 is 17.3 Å². The van der Waals surface area contributed by atoms with Crippen LogP contribution in [0.15, 0.2) is 29.2 Å². The van der Waals surface area contributed by atoms with Crippen LogP contribution >= 0.6 is 7.26 Å². The Kier molecular flexibility index (Phi) is 6.39. The Hall–Kier alpha value is -0.930. The molecule has 0 heterocycles. The van der Waals surface area contributed by atoms with Gasteiger partial charge in [0.05, 0.1) is 21.9 Å². The van der Waals surface area contributed by atoms with Crippen molar-refractivity contribution >= 4 is 22.9 Å². The minimum Gasteiger partial charge on any atom is -0.226 e. The molecule has 1 aromatic rings. The molecule has 1 aromatic carbocycles. The van der Waals surface area contributed by atoms with Crippen LogP contribution in [0, 0.1) is 6.92 Å². The summed E-state index contributed by atoms with van der Waals surface area (Å²) in [7, 11) is -5.99. The molecule has 0 bridgehead atoms. The van der Waals surface area contributed by atoms with Gasteiger partial charge in [0.1, 0.15) is 7.26 Å². The molecule has 0 saturated carbocycles. The minimum atomic E-state index is -3.83. The van der Waals surface area contributed by atoms with E-state index in [0.29, 0.717) is 0 Å². The number of carbonyl (C=O) groups excluding carboxylic acids is 1. The summed E-state index contributed by atoms with van der Waals surface area (Å²) in [6.07, 6.45) is 0. The quantitative estimate of drug-likeness (QED) is 0.754. The average molecular weight is 358 g/mol. The van der Waals surface area contributed by atoms with Crippen LogP contribution < -0.4 is 4.72 Å². The van der Waals surface area contributed by atoms with Crippen molar-refractivity contribution in [1.82, 2.24) is 4.72 Å². The summed E-state index contributed by atoms with van der Waals surface area (Å²) in [5.74, 6) is 0. The number of sulfonamides is 1. The van der Waals surface area contributed by atoms with E-state index in [1.165, 1.54) is 12.1 Å². The Morgan fingerprint density at radius 1 is 0.913 bits per heavy atom. The van der Waals surface area contributed by atoms with Gasteiger partial charge in [0, 0.05) is 0 Å². The zero-order valence-corrected chi connectivity index (χ0v) is 16.8. The van der Waals surface area contributed by atoms with Gasteiger partial charge in [-0.1, -0.05) is 17.7 Å². The molecule has 0 aromatic heterocycles. The number of hydrogen-bond acceptors (Lipinski definition) is 3. The van der Waals surface area contributed by atoms with Gasteiger partial charge in [-0.15, -0.1) is 0 Å². The third-order valence-corrected chi connectivity index (χ3v) is 11.9. The van der Waals surface area contributed by atoms with E-state index in [1.807, 2.05) is 48.5 Å². The summed E-state index contributed by atoms with van der Waals surface area (Å²) in [4.78, 5) is 13.1. The van der Waals surface area contributed by atoms with Crippen LogP contribution in [0.1, 0.15) is 47.1 Å². The van der Waals surface area contributed by atoms with E-state index in [4.69, 9.17) is 0 Å². The molecule has 0 aliphatic rings. The van der Waals surface area contributed by atoms with E-state index >= 15 is 0 Å². The lowest BCUT2D eigenvalue weighted by Crippen LogP contribution is -2.39. The van der Waals surface area contributed by atoms with Crippen molar-refractivity contribution in [3.8, 4) is 0 Å². The van der Waals surface area contributed by atoms with Crippen LogP contribution in [0.25, 0.3) is 0 Å². The maximum Gasteiger partial charge on any atom is 0.373 e. The minimum absolute atomic E-state index is 0.130. The van der Waals surface area contributed by atoms with Gasteiger partial charge >= 0.3 is 5.65 Å². The summed E-state index contributed by atoms with van der Waals surface area (Å²) in [5, 5.41) is 0. The molecule has 0 aliphatic heterocycles. The smallest absolute Gasteiger partial charge is 0.226 e. The van der Waals surface area contributed by atoms with Gasteiger partial charge in [0.2, 0.25) is 0 Å². The van der Waals surface area contributed by atoms with Crippen LogP contribution in [-0.4, -0.2) is 31.0 Å². The molecule has 23 heavy (non-hydrogen) atoms. The highest BCUT2D eigenvalue weighted by Gasteiger charge is 2.56. The predicted octanol–water partition coefficient (Wildman–Crippen LogP) is 4.64. The molecule has 1 rings (SSSR count). The molecule has 1 N–H and O–H groups in total. The maximum atomic E-state index is 13.0. The van der Waals surface area contributed by atoms with Crippen LogP contribution in [0.4, 0.5) is 4.79 Å². The highest BCUT2D eigenvalue weighted by atomic mass is 32.2. The fourth-order valence-electron chi connectivity index (χ4n) is 3.46. The standard InChI is InChI=1S/C17H28NO3PS/c1-12(2)22(13(3)4,14(5)6)17(19)18-23(20,21)16-10-8-15(7)9-11-16/h8-14H,1-7H3/p+1. The predicted molar refractivity (Wildman–Crippen MR) is 99.2 cm³/mol. The molecule has 0 fully saturated rings. The van der Waals surface area contributed by atoms with Gasteiger partial charge in [-0.25, -0.2) is 17.9 Å². The molecule has 0 unspecified atom stereocenters. The summed E-state index contributed by atoms with van der Waals surface area (Å²) in [6, 6.07) is 6.53. The van der Waals surface area contributed by atoms with Crippen LogP contribution in [-0.2, 0) is 10.0 Å². The Morgan fingerprint density at radius 2 is 1.30 bits per heavy atom. The van der Waals surface area contributed by atoms with Gasteiger partial charge in [0.15, 0.2) is 0 Å². The Morgan fingerprint density at radius 3 is 1.65 bits per heavy atom. The van der Waals surface area contributed by atoms with Gasteiger partial charge < -0.3 is 0 Å². The molecule has 0 spiro atoms. The Balaban J connectivity index is 3.24. The first-order valence-electron chi connectivity index (χ1n) is 7.98. The molecule has 6 heteroatoms. The second-order valence-electron chi connectivity index (χ2n) is 6.84. The van der Waals surface area contributed by atoms with E-state index in [9.17, 15) is 13.2 Å². The van der Waals surface area contributed by atoms with Crippen molar-refractivity contribution in [3.05, 3.63) is 29.8 Å². The molecule has 0 radical (unpaired) electrons. The van der Waals surface area contributed by atoms with E-state index in [0.717, 1.165) is 5.56 Å². The topological polar surface area (TPSA) is 63.2 Å². The fourth-order valence-corrected chi connectivity index (χ4v) is 10.3. The largest absolute Gasteiger partial charge is 0.373 e. The lowest BCUT2D eigenvalue weighted by Gasteiger charge is -2.35. The second-order valence-corrected chi connectivity index (χ2v) is 13.7. The van der Waals surface area contributed by atoms with Crippen molar-refractivity contribution in [1.29, 1.82) is 0 Å². The highest BCUT2D eigenvalue weighted by molar-refractivity contribution is 7.97. The molecule has 0 atom stereocenters. The van der Waals surface area contributed by atoms with Crippen molar-refractivity contribution in [2.75, 3.05) is 0 Å². The zero-order chi connectivity index (χ0) is 18.0. The third-order valence-electron chi connectivity index (χ3n) is 4.47. The fraction of sp³-hybridized carbons (Fsp3) is 0.588. The van der Waals surface area contributed by atoms with Gasteiger partial charge in [-0.05, 0) is 60.6 Å². The third kappa shape index (κ3) is 3.95. The maximum absolute atomic E-state index is 13.0. The molecule has 4 nitrogen and oxygen atoms in total. The Bertz CT molecular complexity index is 627. The molecule has 1 amide bonds. The molecular weight excluding hydrogens is 329 g/mol. The summed E-state index contributed by atoms with van der Waals surface area (Å²) < 4.78 is 27.5.